The van der Waals surface area contributed by atoms with Crippen molar-refractivity contribution in [3.63, 3.8) is 0 Å². The second-order valence-electron chi connectivity index (χ2n) is 5.98. The second-order valence-corrected chi connectivity index (χ2v) is 7.91. The summed E-state index contributed by atoms with van der Waals surface area (Å²) in [5.74, 6) is 0.911. The lowest BCUT2D eigenvalue weighted by Crippen LogP contribution is -2.30. The molecular formula is C18H16N2O5S. The lowest BCUT2D eigenvalue weighted by molar-refractivity contribution is -0.115. The Bertz CT molecular complexity index is 987. The van der Waals surface area contributed by atoms with Gasteiger partial charge in [-0.25, -0.2) is 8.42 Å². The van der Waals surface area contributed by atoms with Crippen molar-refractivity contribution in [1.29, 1.82) is 0 Å². The number of nitrogens with one attached hydrogen (secondary N) is 1. The number of furan rings is 2. The zero-order valence-electron chi connectivity index (χ0n) is 13.7. The summed E-state index contributed by atoms with van der Waals surface area (Å²) in [6.45, 7) is 0.147. The Morgan fingerprint density at radius 3 is 2.23 bits per heavy atom. The van der Waals surface area contributed by atoms with Crippen LogP contribution in [-0.2, 0) is 34.3 Å². The third kappa shape index (κ3) is 3.16. The first kappa shape index (κ1) is 16.6. The van der Waals surface area contributed by atoms with Gasteiger partial charge in [-0.05, 0) is 48.0 Å². The number of sulfonamides is 1. The van der Waals surface area contributed by atoms with E-state index in [1.165, 1.54) is 22.9 Å². The molecule has 8 heteroatoms. The van der Waals surface area contributed by atoms with Crippen molar-refractivity contribution >= 4 is 21.6 Å². The van der Waals surface area contributed by atoms with Crippen molar-refractivity contribution < 1.29 is 22.0 Å². The Labute approximate surface area is 150 Å². The van der Waals surface area contributed by atoms with Crippen LogP contribution in [0, 0.1) is 0 Å². The SMILES string of the molecule is O=C1Cc2cc(S(=O)(=O)N(Cc3ccco3)Cc3ccco3)ccc2N1. The van der Waals surface area contributed by atoms with Crippen LogP contribution in [-0.4, -0.2) is 18.6 Å². The summed E-state index contributed by atoms with van der Waals surface area (Å²) in [5.41, 5.74) is 1.32. The monoisotopic (exact) mass is 372 g/mol. The van der Waals surface area contributed by atoms with E-state index in [1.807, 2.05) is 0 Å². The number of rotatable bonds is 6. The molecule has 0 saturated heterocycles. The first-order chi connectivity index (χ1) is 12.5. The Hall–Kier alpha value is -2.84. The standard InChI is InChI=1S/C18H16N2O5S/c21-18-10-13-9-16(5-6-17(13)19-18)26(22,23)20(11-14-3-1-7-24-14)12-15-4-2-8-25-15/h1-9H,10-12H2,(H,19,21). The van der Waals surface area contributed by atoms with Crippen LogP contribution in [0.4, 0.5) is 5.69 Å². The first-order valence-electron chi connectivity index (χ1n) is 8.00. The van der Waals surface area contributed by atoms with E-state index in [1.54, 1.807) is 36.4 Å². The smallest absolute Gasteiger partial charge is 0.243 e. The average Bonchev–Trinajstić information content (AvgIpc) is 3.34. The van der Waals surface area contributed by atoms with E-state index >= 15 is 0 Å². The fraction of sp³-hybridized carbons (Fsp3) is 0.167. The highest BCUT2D eigenvalue weighted by Gasteiger charge is 2.28. The summed E-state index contributed by atoms with van der Waals surface area (Å²) in [4.78, 5) is 11.7. The highest BCUT2D eigenvalue weighted by atomic mass is 32.2. The molecule has 1 N–H and O–H groups in total. The number of carbonyl (C=O) groups is 1. The van der Waals surface area contributed by atoms with Crippen LogP contribution in [0.3, 0.4) is 0 Å². The van der Waals surface area contributed by atoms with Gasteiger partial charge in [0.25, 0.3) is 0 Å². The van der Waals surface area contributed by atoms with Gasteiger partial charge in [0.2, 0.25) is 15.9 Å². The second kappa shape index (κ2) is 6.47. The van der Waals surface area contributed by atoms with Gasteiger partial charge in [-0.3, -0.25) is 4.79 Å². The Morgan fingerprint density at radius 1 is 1.00 bits per heavy atom. The number of hydrogen-bond acceptors (Lipinski definition) is 5. The number of fused-ring (bicyclic) bond motifs is 1. The molecule has 0 unspecified atom stereocenters. The maximum absolute atomic E-state index is 13.2. The van der Waals surface area contributed by atoms with Crippen LogP contribution >= 0.6 is 0 Å². The third-order valence-corrected chi connectivity index (χ3v) is 5.95. The predicted molar refractivity (Wildman–Crippen MR) is 92.6 cm³/mol. The molecule has 0 radical (unpaired) electrons. The van der Waals surface area contributed by atoms with Crippen molar-refractivity contribution in [2.75, 3.05) is 5.32 Å². The molecule has 0 spiro atoms. The number of benzene rings is 1. The summed E-state index contributed by atoms with van der Waals surface area (Å²) in [5, 5.41) is 2.70. The highest BCUT2D eigenvalue weighted by Crippen LogP contribution is 2.28. The summed E-state index contributed by atoms with van der Waals surface area (Å²) in [6.07, 6.45) is 3.18. The molecule has 0 saturated carbocycles. The van der Waals surface area contributed by atoms with E-state index in [0.717, 1.165) is 0 Å². The van der Waals surface area contributed by atoms with E-state index in [0.29, 0.717) is 22.8 Å². The molecule has 0 aliphatic carbocycles. The van der Waals surface area contributed by atoms with Gasteiger partial charge < -0.3 is 14.2 Å². The minimum absolute atomic E-state index is 0.0737. The average molecular weight is 372 g/mol. The molecule has 0 atom stereocenters. The third-order valence-electron chi connectivity index (χ3n) is 4.16. The van der Waals surface area contributed by atoms with Gasteiger partial charge in [-0.1, -0.05) is 0 Å². The normalized spacial score (nSPS) is 13.8. The first-order valence-corrected chi connectivity index (χ1v) is 9.44. The largest absolute Gasteiger partial charge is 0.468 e. The number of carbonyl (C=O) groups excluding carboxylic acids is 1. The zero-order valence-corrected chi connectivity index (χ0v) is 14.5. The van der Waals surface area contributed by atoms with Crippen molar-refractivity contribution in [3.8, 4) is 0 Å². The number of anilines is 1. The minimum Gasteiger partial charge on any atom is -0.468 e. The Kier molecular flexibility index (Phi) is 4.14. The van der Waals surface area contributed by atoms with Crippen molar-refractivity contribution in [2.45, 2.75) is 24.4 Å². The summed E-state index contributed by atoms with van der Waals surface area (Å²) >= 11 is 0. The zero-order chi connectivity index (χ0) is 18.1. The van der Waals surface area contributed by atoms with E-state index in [9.17, 15) is 13.2 Å². The summed E-state index contributed by atoms with van der Waals surface area (Å²) in [7, 11) is -3.82. The molecule has 1 aromatic carbocycles. The van der Waals surface area contributed by atoms with E-state index in [4.69, 9.17) is 8.83 Å². The molecule has 1 aliphatic rings. The molecule has 1 aliphatic heterocycles. The van der Waals surface area contributed by atoms with Gasteiger partial charge in [-0.15, -0.1) is 0 Å². The van der Waals surface area contributed by atoms with Crippen LogP contribution in [0.25, 0.3) is 0 Å². The maximum Gasteiger partial charge on any atom is 0.243 e. The van der Waals surface area contributed by atoms with Gasteiger partial charge in [0.15, 0.2) is 0 Å². The Balaban J connectivity index is 1.69. The molecular weight excluding hydrogens is 356 g/mol. The molecule has 1 amide bonds. The molecule has 0 bridgehead atoms. The molecule has 4 rings (SSSR count). The topological polar surface area (TPSA) is 92.8 Å². The molecule has 3 aromatic rings. The van der Waals surface area contributed by atoms with Crippen molar-refractivity contribution in [1.82, 2.24) is 4.31 Å². The number of nitrogens with zero attached hydrogens (tertiary/aromatic N) is 1. The fourth-order valence-corrected chi connectivity index (χ4v) is 4.32. The van der Waals surface area contributed by atoms with Crippen molar-refractivity contribution in [2.24, 2.45) is 0 Å². The maximum atomic E-state index is 13.2. The molecule has 2 aromatic heterocycles. The number of amides is 1. The van der Waals surface area contributed by atoms with Gasteiger partial charge in [0.1, 0.15) is 11.5 Å². The fourth-order valence-electron chi connectivity index (χ4n) is 2.89. The van der Waals surface area contributed by atoms with E-state index in [2.05, 4.69) is 5.32 Å². The quantitative estimate of drug-likeness (QED) is 0.718. The molecule has 7 nitrogen and oxygen atoms in total. The highest BCUT2D eigenvalue weighted by molar-refractivity contribution is 7.89. The minimum atomic E-state index is -3.82. The summed E-state index contributed by atoms with van der Waals surface area (Å²) in [6, 6.07) is 11.5. The van der Waals surface area contributed by atoms with Gasteiger partial charge in [0, 0.05) is 5.69 Å². The molecule has 3 heterocycles. The van der Waals surface area contributed by atoms with Crippen LogP contribution in [0.5, 0.6) is 0 Å². The lowest BCUT2D eigenvalue weighted by Gasteiger charge is -2.20. The van der Waals surface area contributed by atoms with Crippen LogP contribution in [0.15, 0.2) is 68.7 Å². The summed E-state index contributed by atoms with van der Waals surface area (Å²) < 4.78 is 38.3. The van der Waals surface area contributed by atoms with Crippen LogP contribution < -0.4 is 5.32 Å². The molecule has 134 valence electrons. The van der Waals surface area contributed by atoms with E-state index < -0.39 is 10.0 Å². The van der Waals surface area contributed by atoms with E-state index in [-0.39, 0.29) is 30.3 Å². The molecule has 26 heavy (non-hydrogen) atoms. The number of hydrogen-bond donors (Lipinski definition) is 1. The Morgan fingerprint density at radius 2 is 1.65 bits per heavy atom. The predicted octanol–water partition coefficient (Wildman–Crippen LogP) is 2.76. The van der Waals surface area contributed by atoms with Gasteiger partial charge >= 0.3 is 0 Å². The lowest BCUT2D eigenvalue weighted by atomic mass is 10.2. The molecule has 0 fully saturated rings. The van der Waals surface area contributed by atoms with Gasteiger partial charge in [-0.2, -0.15) is 4.31 Å². The van der Waals surface area contributed by atoms with Crippen LogP contribution in [0.1, 0.15) is 17.1 Å². The van der Waals surface area contributed by atoms with Crippen molar-refractivity contribution in [3.05, 3.63) is 72.1 Å². The van der Waals surface area contributed by atoms with Gasteiger partial charge in [0.05, 0.1) is 36.9 Å². The van der Waals surface area contributed by atoms with Crippen LogP contribution in [0.2, 0.25) is 0 Å².